The lowest BCUT2D eigenvalue weighted by Gasteiger charge is -2.09. The minimum absolute atomic E-state index is 0.199. The number of ether oxygens (including phenoxy) is 2. The van der Waals surface area contributed by atoms with E-state index in [-0.39, 0.29) is 6.61 Å². The second-order valence-corrected chi connectivity index (χ2v) is 4.24. The number of hydrogen-bond donors (Lipinski definition) is 1. The van der Waals surface area contributed by atoms with Gasteiger partial charge in [-0.3, -0.25) is 0 Å². The van der Waals surface area contributed by atoms with Gasteiger partial charge in [0, 0.05) is 6.61 Å². The molecule has 1 N–H and O–H groups in total. The van der Waals surface area contributed by atoms with E-state index in [1.54, 1.807) is 12.1 Å². The molecule has 0 aliphatic heterocycles. The van der Waals surface area contributed by atoms with E-state index in [4.69, 9.17) is 14.6 Å². The lowest BCUT2D eigenvalue weighted by molar-refractivity contribution is 0.0597. The molecule has 2 unspecified atom stereocenters. The Morgan fingerprint density at radius 2 is 2.24 bits per heavy atom. The van der Waals surface area contributed by atoms with Gasteiger partial charge in [-0.15, -0.1) is 0 Å². The predicted octanol–water partition coefficient (Wildman–Crippen LogP) is 1.58. The van der Waals surface area contributed by atoms with Crippen LogP contribution in [0, 0.1) is 5.92 Å². The van der Waals surface area contributed by atoms with Gasteiger partial charge in [-0.05, 0) is 36.0 Å². The topological polar surface area (TPSA) is 55.8 Å². The molecule has 1 fully saturated rings. The second kappa shape index (κ2) is 4.75. The molecule has 2 atom stereocenters. The molecular weight excluding hydrogens is 220 g/mol. The molecule has 0 bridgehead atoms. The van der Waals surface area contributed by atoms with E-state index in [9.17, 15) is 4.79 Å². The first kappa shape index (κ1) is 11.9. The standard InChI is InChI=1S/C13H16O4/c1-16-12-4-3-8(10-6-9(10)7-14)5-11(12)13(15)17-2/h3-5,9-10,14H,6-7H2,1-2H3. The molecule has 0 saturated heterocycles. The third-order valence-corrected chi connectivity index (χ3v) is 3.21. The molecule has 17 heavy (non-hydrogen) atoms. The number of hydrogen-bond acceptors (Lipinski definition) is 4. The van der Waals surface area contributed by atoms with E-state index in [0.29, 0.717) is 23.1 Å². The number of benzene rings is 1. The average molecular weight is 236 g/mol. The smallest absolute Gasteiger partial charge is 0.341 e. The zero-order valence-corrected chi connectivity index (χ0v) is 9.97. The molecule has 0 aromatic heterocycles. The lowest BCUT2D eigenvalue weighted by Crippen LogP contribution is -2.05. The molecule has 4 nitrogen and oxygen atoms in total. The molecule has 0 spiro atoms. The number of methoxy groups -OCH3 is 2. The summed E-state index contributed by atoms with van der Waals surface area (Å²) in [4.78, 5) is 11.6. The Balaban J connectivity index is 2.29. The molecule has 0 heterocycles. The van der Waals surface area contributed by atoms with Crippen molar-refractivity contribution < 1.29 is 19.4 Å². The summed E-state index contributed by atoms with van der Waals surface area (Å²) in [5.74, 6) is 0.801. The fourth-order valence-electron chi connectivity index (χ4n) is 2.08. The number of rotatable bonds is 4. The van der Waals surface area contributed by atoms with E-state index in [0.717, 1.165) is 12.0 Å². The molecule has 1 aliphatic rings. The Labute approximate surface area is 100 Å². The molecule has 92 valence electrons. The van der Waals surface area contributed by atoms with Gasteiger partial charge in [-0.2, -0.15) is 0 Å². The zero-order chi connectivity index (χ0) is 12.4. The van der Waals surface area contributed by atoms with Crippen LogP contribution in [-0.4, -0.2) is 31.9 Å². The quantitative estimate of drug-likeness (QED) is 0.806. The summed E-state index contributed by atoms with van der Waals surface area (Å²) in [6.07, 6.45) is 0.976. The van der Waals surface area contributed by atoms with Crippen LogP contribution in [0.3, 0.4) is 0 Å². The van der Waals surface area contributed by atoms with Crippen LogP contribution in [0.25, 0.3) is 0 Å². The van der Waals surface area contributed by atoms with E-state index in [1.165, 1.54) is 14.2 Å². The van der Waals surface area contributed by atoms with Gasteiger partial charge in [0.15, 0.2) is 0 Å². The Kier molecular flexibility index (Phi) is 3.33. The number of aliphatic hydroxyl groups is 1. The van der Waals surface area contributed by atoms with Gasteiger partial charge >= 0.3 is 5.97 Å². The van der Waals surface area contributed by atoms with Crippen LogP contribution in [0.2, 0.25) is 0 Å². The average Bonchev–Trinajstić information content (AvgIpc) is 3.16. The van der Waals surface area contributed by atoms with Gasteiger partial charge in [0.25, 0.3) is 0 Å². The van der Waals surface area contributed by atoms with E-state index in [1.807, 2.05) is 6.07 Å². The van der Waals surface area contributed by atoms with Gasteiger partial charge in [0.05, 0.1) is 14.2 Å². The van der Waals surface area contributed by atoms with Crippen LogP contribution >= 0.6 is 0 Å². The summed E-state index contributed by atoms with van der Waals surface area (Å²) in [7, 11) is 2.87. The molecule has 2 rings (SSSR count). The van der Waals surface area contributed by atoms with Crippen LogP contribution in [0.5, 0.6) is 5.75 Å². The lowest BCUT2D eigenvalue weighted by atomic mass is 10.0. The van der Waals surface area contributed by atoms with E-state index < -0.39 is 5.97 Å². The summed E-state index contributed by atoms with van der Waals surface area (Å²) in [6, 6.07) is 5.50. The number of esters is 1. The number of carbonyl (C=O) groups is 1. The zero-order valence-electron chi connectivity index (χ0n) is 9.97. The van der Waals surface area contributed by atoms with Crippen LogP contribution in [-0.2, 0) is 4.74 Å². The van der Waals surface area contributed by atoms with Crippen molar-refractivity contribution >= 4 is 5.97 Å². The van der Waals surface area contributed by atoms with E-state index >= 15 is 0 Å². The first-order valence-corrected chi connectivity index (χ1v) is 5.58. The highest BCUT2D eigenvalue weighted by Gasteiger charge is 2.38. The Hall–Kier alpha value is -1.55. The summed E-state index contributed by atoms with van der Waals surface area (Å²) in [5, 5.41) is 9.05. The van der Waals surface area contributed by atoms with Gasteiger partial charge in [-0.25, -0.2) is 4.79 Å². The molecule has 1 aromatic carbocycles. The fourth-order valence-corrected chi connectivity index (χ4v) is 2.08. The Morgan fingerprint density at radius 3 is 2.76 bits per heavy atom. The van der Waals surface area contributed by atoms with Crippen molar-refractivity contribution in [3.8, 4) is 5.75 Å². The summed E-state index contributed by atoms with van der Waals surface area (Å²) in [6.45, 7) is 0.199. The van der Waals surface area contributed by atoms with Crippen molar-refractivity contribution in [1.29, 1.82) is 0 Å². The van der Waals surface area contributed by atoms with Crippen molar-refractivity contribution in [2.45, 2.75) is 12.3 Å². The first-order valence-electron chi connectivity index (χ1n) is 5.58. The third kappa shape index (κ3) is 2.26. The molecule has 4 heteroatoms. The molecule has 1 aliphatic carbocycles. The van der Waals surface area contributed by atoms with E-state index in [2.05, 4.69) is 0 Å². The Bertz CT molecular complexity index is 427. The van der Waals surface area contributed by atoms with Gasteiger partial charge in [-0.1, -0.05) is 6.07 Å². The Morgan fingerprint density at radius 1 is 1.47 bits per heavy atom. The van der Waals surface area contributed by atoms with Crippen molar-refractivity contribution in [2.75, 3.05) is 20.8 Å². The SMILES string of the molecule is COC(=O)c1cc(C2CC2CO)ccc1OC. The van der Waals surface area contributed by atoms with Crippen LogP contribution in [0.1, 0.15) is 28.3 Å². The first-order chi connectivity index (χ1) is 8.21. The van der Waals surface area contributed by atoms with Gasteiger partial charge in [0.2, 0.25) is 0 Å². The van der Waals surface area contributed by atoms with Crippen molar-refractivity contribution in [3.05, 3.63) is 29.3 Å². The minimum atomic E-state index is -0.398. The van der Waals surface area contributed by atoms with Gasteiger partial charge in [0.1, 0.15) is 11.3 Å². The fraction of sp³-hybridized carbons (Fsp3) is 0.462. The van der Waals surface area contributed by atoms with Crippen LogP contribution in [0.4, 0.5) is 0 Å². The van der Waals surface area contributed by atoms with Crippen molar-refractivity contribution in [2.24, 2.45) is 5.92 Å². The maximum absolute atomic E-state index is 11.6. The van der Waals surface area contributed by atoms with Crippen molar-refractivity contribution in [1.82, 2.24) is 0 Å². The third-order valence-electron chi connectivity index (χ3n) is 3.21. The molecular formula is C13H16O4. The van der Waals surface area contributed by atoms with Crippen LogP contribution < -0.4 is 4.74 Å². The van der Waals surface area contributed by atoms with Crippen LogP contribution in [0.15, 0.2) is 18.2 Å². The highest BCUT2D eigenvalue weighted by atomic mass is 16.5. The maximum Gasteiger partial charge on any atom is 0.341 e. The number of carbonyl (C=O) groups excluding carboxylic acids is 1. The van der Waals surface area contributed by atoms with Gasteiger partial charge < -0.3 is 14.6 Å². The minimum Gasteiger partial charge on any atom is -0.496 e. The monoisotopic (exact) mass is 236 g/mol. The molecule has 0 amide bonds. The second-order valence-electron chi connectivity index (χ2n) is 4.24. The number of aliphatic hydroxyl groups excluding tert-OH is 1. The van der Waals surface area contributed by atoms with Crippen molar-refractivity contribution in [3.63, 3.8) is 0 Å². The summed E-state index contributed by atoms with van der Waals surface area (Å²) < 4.78 is 9.85. The summed E-state index contributed by atoms with van der Waals surface area (Å²) >= 11 is 0. The molecule has 0 radical (unpaired) electrons. The largest absolute Gasteiger partial charge is 0.496 e. The maximum atomic E-state index is 11.6. The molecule has 1 saturated carbocycles. The summed E-state index contributed by atoms with van der Waals surface area (Å²) in [5.41, 5.74) is 1.50. The highest BCUT2D eigenvalue weighted by molar-refractivity contribution is 5.92. The normalized spacial score (nSPS) is 22.1. The highest BCUT2D eigenvalue weighted by Crippen LogP contribution is 2.47. The predicted molar refractivity (Wildman–Crippen MR) is 62.3 cm³/mol. The molecule has 1 aromatic rings.